The molecule has 1 aromatic rings. The van der Waals surface area contributed by atoms with E-state index in [0.717, 1.165) is 8.29 Å². The molecule has 140 valence electrons. The zero-order valence-electron chi connectivity index (χ0n) is 15.5. The van der Waals surface area contributed by atoms with E-state index in [1.54, 1.807) is 11.3 Å². The molecule has 0 aliphatic carbocycles. The fourth-order valence-corrected chi connectivity index (χ4v) is 5.06. The molecule has 0 radical (unpaired) electrons. The minimum atomic E-state index is 0.786. The molecule has 0 aliphatic heterocycles. The van der Waals surface area contributed by atoms with E-state index in [4.69, 9.17) is 12.2 Å². The van der Waals surface area contributed by atoms with Gasteiger partial charge >= 0.3 is 0 Å². The number of nitrogens with zero attached hydrogens (tertiary/aromatic N) is 1. The highest BCUT2D eigenvalue weighted by molar-refractivity contribution is 8.01. The minimum absolute atomic E-state index is 0.786. The second-order valence-electron chi connectivity index (χ2n) is 6.68. The molecule has 0 spiro atoms. The predicted octanol–water partition coefficient (Wildman–Crippen LogP) is 8.16. The highest BCUT2D eigenvalue weighted by atomic mass is 32.2. The standard InChI is InChI=1S/C19H36N2S3/c1-2-3-4-5-6-7-8-9-10-11-12-13-14-15-16-17-23-19-21-20-18(22)24-19/h2-17H2,1H3,(H,20,22). The summed E-state index contributed by atoms with van der Waals surface area (Å²) in [4.78, 5) is 0. The van der Waals surface area contributed by atoms with E-state index in [2.05, 4.69) is 17.1 Å². The van der Waals surface area contributed by atoms with Crippen LogP contribution >= 0.6 is 35.3 Å². The Hall–Kier alpha value is 0.130. The van der Waals surface area contributed by atoms with Crippen molar-refractivity contribution in [1.82, 2.24) is 10.2 Å². The maximum Gasteiger partial charge on any atom is 0.177 e. The molecule has 2 nitrogen and oxygen atoms in total. The van der Waals surface area contributed by atoms with Gasteiger partial charge in [0.25, 0.3) is 0 Å². The predicted molar refractivity (Wildman–Crippen MR) is 113 cm³/mol. The van der Waals surface area contributed by atoms with Gasteiger partial charge in [0.05, 0.1) is 0 Å². The van der Waals surface area contributed by atoms with Gasteiger partial charge in [0.2, 0.25) is 0 Å². The average molecular weight is 389 g/mol. The second kappa shape index (κ2) is 16.6. The van der Waals surface area contributed by atoms with Crippen LogP contribution in [0.1, 0.15) is 103 Å². The molecular formula is C19H36N2S3. The second-order valence-corrected chi connectivity index (χ2v) is 9.69. The van der Waals surface area contributed by atoms with Crippen LogP contribution in [-0.4, -0.2) is 16.0 Å². The molecule has 24 heavy (non-hydrogen) atoms. The van der Waals surface area contributed by atoms with Crippen LogP contribution in [0.5, 0.6) is 0 Å². The van der Waals surface area contributed by atoms with E-state index in [1.165, 1.54) is 102 Å². The Labute approximate surface area is 162 Å². The van der Waals surface area contributed by atoms with Crippen LogP contribution in [-0.2, 0) is 0 Å². The Morgan fingerprint density at radius 2 is 1.25 bits per heavy atom. The third-order valence-electron chi connectivity index (χ3n) is 4.39. The van der Waals surface area contributed by atoms with E-state index in [0.29, 0.717) is 0 Å². The van der Waals surface area contributed by atoms with Crippen molar-refractivity contribution in [1.29, 1.82) is 0 Å². The van der Waals surface area contributed by atoms with E-state index in [-0.39, 0.29) is 0 Å². The largest absolute Gasteiger partial charge is 0.257 e. The van der Waals surface area contributed by atoms with Crippen LogP contribution < -0.4 is 0 Å². The van der Waals surface area contributed by atoms with Gasteiger partial charge in [-0.15, -0.1) is 0 Å². The van der Waals surface area contributed by atoms with Crippen molar-refractivity contribution < 1.29 is 0 Å². The number of aromatic amines is 1. The first-order valence-electron chi connectivity index (χ1n) is 10.0. The van der Waals surface area contributed by atoms with Crippen molar-refractivity contribution in [3.05, 3.63) is 3.95 Å². The number of rotatable bonds is 17. The lowest BCUT2D eigenvalue weighted by Gasteiger charge is -2.03. The van der Waals surface area contributed by atoms with Crippen molar-refractivity contribution >= 4 is 35.3 Å². The number of nitrogens with one attached hydrogen (secondary N) is 1. The Bertz CT molecular complexity index is 428. The number of hydrogen-bond acceptors (Lipinski definition) is 4. The molecule has 1 heterocycles. The molecule has 0 unspecified atom stereocenters. The van der Waals surface area contributed by atoms with Crippen molar-refractivity contribution in [2.45, 2.75) is 108 Å². The summed E-state index contributed by atoms with van der Waals surface area (Å²) in [5.41, 5.74) is 0. The molecule has 1 N–H and O–H groups in total. The molecular weight excluding hydrogens is 352 g/mol. The fourth-order valence-electron chi connectivity index (χ4n) is 2.91. The molecule has 0 amide bonds. The van der Waals surface area contributed by atoms with Crippen molar-refractivity contribution in [3.63, 3.8) is 0 Å². The SMILES string of the molecule is CCCCCCCCCCCCCCCCCSc1n[nH]c(=S)s1. The maximum atomic E-state index is 5.04. The lowest BCUT2D eigenvalue weighted by molar-refractivity contribution is 0.535. The zero-order valence-corrected chi connectivity index (χ0v) is 17.9. The molecule has 0 saturated carbocycles. The van der Waals surface area contributed by atoms with Crippen molar-refractivity contribution in [3.8, 4) is 0 Å². The maximum absolute atomic E-state index is 5.04. The molecule has 5 heteroatoms. The summed E-state index contributed by atoms with van der Waals surface area (Å²) in [6.07, 6.45) is 21.4. The van der Waals surface area contributed by atoms with E-state index < -0.39 is 0 Å². The first kappa shape index (κ1) is 22.2. The first-order chi connectivity index (χ1) is 11.8. The summed E-state index contributed by atoms with van der Waals surface area (Å²) in [5, 5.41) is 7.01. The summed E-state index contributed by atoms with van der Waals surface area (Å²) in [5.74, 6) is 1.17. The van der Waals surface area contributed by atoms with Gasteiger partial charge in [-0.2, -0.15) is 5.10 Å². The molecule has 0 atom stereocenters. The fraction of sp³-hybridized carbons (Fsp3) is 0.895. The smallest absolute Gasteiger partial charge is 0.177 e. The Balaban J connectivity index is 1.71. The number of hydrogen-bond donors (Lipinski definition) is 1. The highest BCUT2D eigenvalue weighted by Crippen LogP contribution is 2.22. The van der Waals surface area contributed by atoms with Crippen LogP contribution in [0.4, 0.5) is 0 Å². The lowest BCUT2D eigenvalue weighted by atomic mass is 10.0. The van der Waals surface area contributed by atoms with Gasteiger partial charge in [-0.1, -0.05) is 120 Å². The van der Waals surface area contributed by atoms with Crippen LogP contribution in [0.3, 0.4) is 0 Å². The molecule has 0 bridgehead atoms. The van der Waals surface area contributed by atoms with Gasteiger partial charge < -0.3 is 0 Å². The van der Waals surface area contributed by atoms with Crippen LogP contribution in [0, 0.1) is 3.95 Å². The normalized spacial score (nSPS) is 11.2. The van der Waals surface area contributed by atoms with Crippen LogP contribution in [0.25, 0.3) is 0 Å². The summed E-state index contributed by atoms with van der Waals surface area (Å²) < 4.78 is 1.87. The molecule has 0 fully saturated rings. The summed E-state index contributed by atoms with van der Waals surface area (Å²) in [6.45, 7) is 2.29. The third-order valence-corrected chi connectivity index (χ3v) is 6.71. The first-order valence-corrected chi connectivity index (χ1v) is 12.2. The molecule has 1 aromatic heterocycles. The van der Waals surface area contributed by atoms with Crippen molar-refractivity contribution in [2.75, 3.05) is 5.75 Å². The van der Waals surface area contributed by atoms with Gasteiger partial charge in [0, 0.05) is 5.75 Å². The number of thioether (sulfide) groups is 1. The van der Waals surface area contributed by atoms with Gasteiger partial charge in [-0.05, 0) is 18.6 Å². The average Bonchev–Trinajstić information content (AvgIpc) is 3.00. The topological polar surface area (TPSA) is 28.7 Å². The van der Waals surface area contributed by atoms with E-state index in [1.807, 2.05) is 11.8 Å². The summed E-state index contributed by atoms with van der Waals surface area (Å²) >= 11 is 8.46. The van der Waals surface area contributed by atoms with E-state index >= 15 is 0 Å². The molecule has 0 aromatic carbocycles. The van der Waals surface area contributed by atoms with Gasteiger partial charge in [0.15, 0.2) is 8.29 Å². The quantitative estimate of drug-likeness (QED) is 0.166. The Morgan fingerprint density at radius 1 is 0.792 bits per heavy atom. The molecule has 0 saturated heterocycles. The highest BCUT2D eigenvalue weighted by Gasteiger charge is 1.98. The van der Waals surface area contributed by atoms with E-state index in [9.17, 15) is 0 Å². The number of unbranched alkanes of at least 4 members (excludes halogenated alkanes) is 14. The Morgan fingerprint density at radius 3 is 1.67 bits per heavy atom. The molecule has 1 rings (SSSR count). The van der Waals surface area contributed by atoms with Gasteiger partial charge in [-0.25, -0.2) is 0 Å². The van der Waals surface area contributed by atoms with Gasteiger partial charge in [-0.3, -0.25) is 5.10 Å². The molecule has 0 aliphatic rings. The minimum Gasteiger partial charge on any atom is -0.257 e. The third kappa shape index (κ3) is 13.4. The number of aromatic nitrogens is 2. The van der Waals surface area contributed by atoms with Crippen LogP contribution in [0.2, 0.25) is 0 Å². The number of H-pyrrole nitrogens is 1. The Kier molecular flexibility index (Phi) is 15.3. The zero-order chi connectivity index (χ0) is 17.3. The van der Waals surface area contributed by atoms with Crippen molar-refractivity contribution in [2.24, 2.45) is 0 Å². The summed E-state index contributed by atoms with van der Waals surface area (Å²) in [7, 11) is 0. The lowest BCUT2D eigenvalue weighted by Crippen LogP contribution is -1.84. The van der Waals surface area contributed by atoms with Crippen LogP contribution in [0.15, 0.2) is 4.34 Å². The monoisotopic (exact) mass is 388 g/mol. The van der Waals surface area contributed by atoms with Gasteiger partial charge in [0.1, 0.15) is 0 Å². The summed E-state index contributed by atoms with van der Waals surface area (Å²) in [6, 6.07) is 0.